The van der Waals surface area contributed by atoms with Gasteiger partial charge < -0.3 is 20.9 Å². The van der Waals surface area contributed by atoms with Gasteiger partial charge in [0.05, 0.1) is 5.56 Å². The summed E-state index contributed by atoms with van der Waals surface area (Å²) in [4.78, 5) is 49.6. The van der Waals surface area contributed by atoms with Gasteiger partial charge in [-0.05, 0) is 44.4 Å². The van der Waals surface area contributed by atoms with Crippen molar-refractivity contribution in [3.05, 3.63) is 52.3 Å². The third-order valence-electron chi connectivity index (χ3n) is 5.66. The van der Waals surface area contributed by atoms with Crippen molar-refractivity contribution in [2.45, 2.75) is 44.9 Å². The van der Waals surface area contributed by atoms with Gasteiger partial charge in [0.15, 0.2) is 11.6 Å². The molecule has 4 N–H and O–H groups in total. The Bertz CT molecular complexity index is 1220. The van der Waals surface area contributed by atoms with Crippen molar-refractivity contribution in [2.75, 3.05) is 5.32 Å². The molecule has 182 valence electrons. The molecule has 13 heteroatoms. The fraction of sp³-hybridized carbons (Fsp3) is 0.333. The number of carbonyl (C=O) groups is 4. The first-order chi connectivity index (χ1) is 15.7. The quantitative estimate of drug-likeness (QED) is 0.330. The molecule has 0 unspecified atom stereocenters. The number of carbonyl (C=O) groups excluding carboxylic acids is 4. The molecule has 1 aliphatic rings. The van der Waals surface area contributed by atoms with Crippen molar-refractivity contribution in [1.29, 1.82) is 0 Å². The Labute approximate surface area is 189 Å². The van der Waals surface area contributed by atoms with Crippen molar-refractivity contribution in [3.8, 4) is 0 Å². The summed E-state index contributed by atoms with van der Waals surface area (Å²) in [6, 6.07) is 2.66. The molecule has 1 aromatic heterocycles. The number of nitrogens with two attached hydrogens (primary N) is 1. The standard InChI is InChI=1S/C21H19F5N4O4/c1-9-14(16(31)18(33)29-20(2,19(27)34)21(24,25)26)13-4-3-7-30(13)15(9)17(32)28-10-5-6-11(22)12(23)8-10/h5-6,8H,3-4,7H2,1-2H3,(H2,27,34)(H,28,32)(H,29,33)/t20-/m0/s1. The fourth-order valence-corrected chi connectivity index (χ4v) is 3.75. The second kappa shape index (κ2) is 8.54. The Balaban J connectivity index is 1.96. The topological polar surface area (TPSA) is 123 Å². The monoisotopic (exact) mass is 486 g/mol. The summed E-state index contributed by atoms with van der Waals surface area (Å²) < 4.78 is 68.0. The Hall–Kier alpha value is -3.77. The summed E-state index contributed by atoms with van der Waals surface area (Å²) in [7, 11) is 0. The number of halogens is 5. The van der Waals surface area contributed by atoms with Crippen LogP contribution in [-0.2, 0) is 22.6 Å². The van der Waals surface area contributed by atoms with E-state index in [1.54, 1.807) is 0 Å². The molecule has 0 bridgehead atoms. The number of alkyl halides is 3. The summed E-state index contributed by atoms with van der Waals surface area (Å²) in [6.45, 7) is 1.93. The van der Waals surface area contributed by atoms with Gasteiger partial charge in [0.2, 0.25) is 5.54 Å². The molecule has 1 aromatic carbocycles. The van der Waals surface area contributed by atoms with E-state index in [4.69, 9.17) is 5.73 Å². The number of hydrogen-bond donors (Lipinski definition) is 3. The van der Waals surface area contributed by atoms with E-state index < -0.39 is 46.9 Å². The largest absolute Gasteiger partial charge is 0.420 e. The van der Waals surface area contributed by atoms with Gasteiger partial charge in [-0.15, -0.1) is 0 Å². The van der Waals surface area contributed by atoms with Crippen molar-refractivity contribution in [1.82, 2.24) is 9.88 Å². The zero-order valence-corrected chi connectivity index (χ0v) is 17.9. The molecule has 2 heterocycles. The molecule has 1 aliphatic heterocycles. The first-order valence-corrected chi connectivity index (χ1v) is 9.91. The van der Waals surface area contributed by atoms with Gasteiger partial charge in [-0.1, -0.05) is 0 Å². The van der Waals surface area contributed by atoms with E-state index in [2.05, 4.69) is 5.32 Å². The Morgan fingerprint density at radius 1 is 1.09 bits per heavy atom. The number of Topliss-reactive ketones (excluding diaryl/α,β-unsaturated/α-hetero) is 1. The lowest BCUT2D eigenvalue weighted by molar-refractivity contribution is -0.194. The molecular formula is C21H19F5N4O4. The molecule has 0 spiro atoms. The molecule has 1 atom stereocenters. The zero-order valence-electron chi connectivity index (χ0n) is 17.9. The number of ketones is 1. The van der Waals surface area contributed by atoms with E-state index >= 15 is 0 Å². The predicted octanol–water partition coefficient (Wildman–Crippen LogP) is 2.38. The highest BCUT2D eigenvalue weighted by atomic mass is 19.4. The number of benzene rings is 1. The van der Waals surface area contributed by atoms with Crippen LogP contribution in [0.15, 0.2) is 18.2 Å². The molecule has 3 amide bonds. The number of nitrogens with one attached hydrogen (secondary N) is 2. The first-order valence-electron chi connectivity index (χ1n) is 9.91. The van der Waals surface area contributed by atoms with Crippen LogP contribution in [0.1, 0.15) is 45.4 Å². The lowest BCUT2D eigenvalue weighted by atomic mass is 9.98. The van der Waals surface area contributed by atoms with Gasteiger partial charge in [-0.3, -0.25) is 19.2 Å². The highest BCUT2D eigenvalue weighted by Crippen LogP contribution is 2.32. The Morgan fingerprint density at radius 2 is 1.74 bits per heavy atom. The van der Waals surface area contributed by atoms with E-state index in [-0.39, 0.29) is 41.2 Å². The average molecular weight is 486 g/mol. The molecule has 0 saturated heterocycles. The number of aromatic nitrogens is 1. The maximum Gasteiger partial charge on any atom is 0.420 e. The highest BCUT2D eigenvalue weighted by Gasteiger charge is 2.57. The predicted molar refractivity (Wildman–Crippen MR) is 108 cm³/mol. The van der Waals surface area contributed by atoms with Crippen LogP contribution >= 0.6 is 0 Å². The van der Waals surface area contributed by atoms with Gasteiger partial charge in [0, 0.05) is 24.0 Å². The van der Waals surface area contributed by atoms with Gasteiger partial charge in [-0.25, -0.2) is 8.78 Å². The van der Waals surface area contributed by atoms with Crippen LogP contribution in [0.5, 0.6) is 0 Å². The van der Waals surface area contributed by atoms with E-state index in [1.807, 2.05) is 0 Å². The number of hydrogen-bond acceptors (Lipinski definition) is 4. The minimum absolute atomic E-state index is 0.00252. The summed E-state index contributed by atoms with van der Waals surface area (Å²) in [5.41, 5.74) is 1.14. The lowest BCUT2D eigenvalue weighted by Gasteiger charge is -2.29. The molecule has 3 rings (SSSR count). The normalized spacial score (nSPS) is 14.8. The average Bonchev–Trinajstić information content (AvgIpc) is 3.28. The molecule has 2 aromatic rings. The number of anilines is 1. The molecule has 0 saturated carbocycles. The third-order valence-corrected chi connectivity index (χ3v) is 5.66. The van der Waals surface area contributed by atoms with Crippen molar-refractivity contribution >= 4 is 29.2 Å². The second-order valence-corrected chi connectivity index (χ2v) is 7.90. The van der Waals surface area contributed by atoms with Gasteiger partial charge >= 0.3 is 6.18 Å². The number of amides is 3. The summed E-state index contributed by atoms with van der Waals surface area (Å²) in [5, 5.41) is 3.73. The third kappa shape index (κ3) is 4.13. The van der Waals surface area contributed by atoms with Gasteiger partial charge in [0.25, 0.3) is 23.5 Å². The maximum absolute atomic E-state index is 13.5. The van der Waals surface area contributed by atoms with E-state index in [0.717, 1.165) is 18.2 Å². The maximum atomic E-state index is 13.5. The van der Waals surface area contributed by atoms with Crippen molar-refractivity contribution < 1.29 is 41.1 Å². The fourth-order valence-electron chi connectivity index (χ4n) is 3.75. The smallest absolute Gasteiger partial charge is 0.367 e. The highest BCUT2D eigenvalue weighted by molar-refractivity contribution is 6.44. The number of nitrogens with zero attached hydrogens (tertiary/aromatic N) is 1. The molecule has 0 radical (unpaired) electrons. The number of primary amides is 1. The Morgan fingerprint density at radius 3 is 2.29 bits per heavy atom. The van der Waals surface area contributed by atoms with Gasteiger partial charge in [0.1, 0.15) is 5.69 Å². The molecule has 0 fully saturated rings. The van der Waals surface area contributed by atoms with Crippen LogP contribution in [0.25, 0.3) is 0 Å². The zero-order chi connectivity index (χ0) is 25.6. The lowest BCUT2D eigenvalue weighted by Crippen LogP contribution is -2.65. The van der Waals surface area contributed by atoms with E-state index in [9.17, 15) is 41.1 Å². The van der Waals surface area contributed by atoms with E-state index in [1.165, 1.54) is 16.8 Å². The molecule has 34 heavy (non-hydrogen) atoms. The molecular weight excluding hydrogens is 467 g/mol. The van der Waals surface area contributed by atoms with Crippen LogP contribution in [-0.4, -0.2) is 39.8 Å². The van der Waals surface area contributed by atoms with Crippen LogP contribution in [0, 0.1) is 18.6 Å². The molecule has 8 nitrogen and oxygen atoms in total. The summed E-state index contributed by atoms with van der Waals surface area (Å²) in [5.74, 6) is -8.15. The van der Waals surface area contributed by atoms with E-state index in [0.29, 0.717) is 13.3 Å². The summed E-state index contributed by atoms with van der Waals surface area (Å²) in [6.07, 6.45) is -4.55. The second-order valence-electron chi connectivity index (χ2n) is 7.90. The number of rotatable bonds is 6. The first kappa shape index (κ1) is 24.9. The minimum atomic E-state index is -5.28. The van der Waals surface area contributed by atoms with Crippen LogP contribution in [0.4, 0.5) is 27.6 Å². The SMILES string of the molecule is Cc1c(C(=O)C(=O)N[C@@](C)(C(N)=O)C(F)(F)F)c2n(c1C(=O)Nc1ccc(F)c(F)c1)CCC2. The van der Waals surface area contributed by atoms with Crippen LogP contribution in [0.2, 0.25) is 0 Å². The number of fused-ring (bicyclic) bond motifs is 1. The van der Waals surface area contributed by atoms with Crippen LogP contribution < -0.4 is 16.4 Å². The van der Waals surface area contributed by atoms with Crippen molar-refractivity contribution in [2.24, 2.45) is 5.73 Å². The Kier molecular flexibility index (Phi) is 6.24. The minimum Gasteiger partial charge on any atom is -0.367 e. The summed E-state index contributed by atoms with van der Waals surface area (Å²) >= 11 is 0. The van der Waals surface area contributed by atoms with Crippen LogP contribution in [0.3, 0.4) is 0 Å². The molecule has 0 aliphatic carbocycles. The van der Waals surface area contributed by atoms with Gasteiger partial charge in [-0.2, -0.15) is 13.2 Å². The van der Waals surface area contributed by atoms with Crippen molar-refractivity contribution in [3.63, 3.8) is 0 Å².